The van der Waals surface area contributed by atoms with Crippen LogP contribution >= 0.6 is 11.6 Å². The van der Waals surface area contributed by atoms with Crippen molar-refractivity contribution in [3.8, 4) is 0 Å². The van der Waals surface area contributed by atoms with E-state index in [-0.39, 0.29) is 16.3 Å². The maximum atomic E-state index is 13.1. The molecule has 1 saturated heterocycles. The summed E-state index contributed by atoms with van der Waals surface area (Å²) in [5, 5.41) is 11.1. The lowest BCUT2D eigenvalue weighted by Gasteiger charge is -2.31. The first-order chi connectivity index (χ1) is 8.47. The van der Waals surface area contributed by atoms with E-state index in [1.807, 2.05) is 0 Å². The van der Waals surface area contributed by atoms with Crippen LogP contribution in [0.3, 0.4) is 0 Å². The number of ether oxygens (including phenoxy) is 2. The van der Waals surface area contributed by atoms with Gasteiger partial charge in [0.15, 0.2) is 12.6 Å². The molecule has 0 aromatic heterocycles. The predicted molar refractivity (Wildman–Crippen MR) is 61.8 cm³/mol. The molecule has 1 aromatic carbocycles. The Morgan fingerprint density at radius 1 is 1.56 bits per heavy atom. The van der Waals surface area contributed by atoms with Crippen LogP contribution in [0.5, 0.6) is 0 Å². The highest BCUT2D eigenvalue weighted by Crippen LogP contribution is 2.28. The maximum absolute atomic E-state index is 13.1. The van der Waals surface area contributed by atoms with Crippen molar-refractivity contribution in [3.63, 3.8) is 0 Å². The molecule has 0 atom stereocenters. The summed E-state index contributed by atoms with van der Waals surface area (Å²) in [7, 11) is 0. The molecule has 0 unspecified atom stereocenters. The summed E-state index contributed by atoms with van der Waals surface area (Å²) in [6, 6.07) is 3.38. The van der Waals surface area contributed by atoms with E-state index >= 15 is 0 Å². The first-order valence-electron chi connectivity index (χ1n) is 5.10. The van der Waals surface area contributed by atoms with Crippen LogP contribution in [0.15, 0.2) is 24.3 Å². The molecule has 0 bridgehead atoms. The highest BCUT2D eigenvalue weighted by Gasteiger charge is 2.29. The van der Waals surface area contributed by atoms with Gasteiger partial charge >= 0.3 is 0 Å². The zero-order valence-corrected chi connectivity index (χ0v) is 10.1. The summed E-state index contributed by atoms with van der Waals surface area (Å²) in [6.45, 7) is 1.66. The van der Waals surface area contributed by atoms with Crippen molar-refractivity contribution in [2.45, 2.75) is 19.5 Å². The second-order valence-corrected chi connectivity index (χ2v) is 4.05. The van der Waals surface area contributed by atoms with Gasteiger partial charge in [0.05, 0.1) is 21.6 Å². The van der Waals surface area contributed by atoms with Gasteiger partial charge in [-0.1, -0.05) is 11.6 Å². The SMILES string of the molecule is CC1OC(C=C(c2cc(F)ccc2Cl)[N+](=O)[O-])O1. The van der Waals surface area contributed by atoms with E-state index in [9.17, 15) is 14.5 Å². The van der Waals surface area contributed by atoms with Crippen LogP contribution in [0.4, 0.5) is 4.39 Å². The smallest absolute Gasteiger partial charge is 0.279 e. The molecule has 0 radical (unpaired) electrons. The lowest BCUT2D eigenvalue weighted by atomic mass is 10.1. The molecule has 0 spiro atoms. The van der Waals surface area contributed by atoms with Crippen molar-refractivity contribution in [1.82, 2.24) is 0 Å². The molecule has 0 amide bonds. The Bertz CT molecular complexity index is 514. The lowest BCUT2D eigenvalue weighted by molar-refractivity contribution is -0.383. The molecule has 1 aliphatic rings. The van der Waals surface area contributed by atoms with Crippen LogP contribution in [0.2, 0.25) is 5.02 Å². The molecule has 1 aliphatic heterocycles. The molecule has 0 aliphatic carbocycles. The second-order valence-electron chi connectivity index (χ2n) is 3.64. The van der Waals surface area contributed by atoms with Crippen molar-refractivity contribution in [1.29, 1.82) is 0 Å². The number of nitro groups is 1. The summed E-state index contributed by atoms with van der Waals surface area (Å²) < 4.78 is 23.2. The molecule has 0 saturated carbocycles. The van der Waals surface area contributed by atoms with E-state index < -0.39 is 23.3 Å². The Morgan fingerprint density at radius 2 is 2.22 bits per heavy atom. The Hall–Kier alpha value is -1.50. The van der Waals surface area contributed by atoms with E-state index in [1.54, 1.807) is 6.92 Å². The Labute approximate surface area is 107 Å². The van der Waals surface area contributed by atoms with Crippen LogP contribution in [0.1, 0.15) is 12.5 Å². The maximum Gasteiger partial charge on any atom is 0.279 e. The van der Waals surface area contributed by atoms with Crippen molar-refractivity contribution in [3.05, 3.63) is 50.8 Å². The van der Waals surface area contributed by atoms with Gasteiger partial charge < -0.3 is 9.47 Å². The molecule has 2 rings (SSSR count). The Balaban J connectivity index is 2.35. The Kier molecular flexibility index (Phi) is 3.60. The van der Waals surface area contributed by atoms with Gasteiger partial charge in [0.25, 0.3) is 5.70 Å². The summed E-state index contributed by atoms with van der Waals surface area (Å²) >= 11 is 5.81. The predicted octanol–water partition coefficient (Wildman–Crippen LogP) is 2.82. The molecule has 7 heteroatoms. The van der Waals surface area contributed by atoms with Gasteiger partial charge in [-0.3, -0.25) is 10.1 Å². The number of halogens is 2. The van der Waals surface area contributed by atoms with Crippen LogP contribution in [0.25, 0.3) is 5.70 Å². The minimum absolute atomic E-state index is 0.00609. The summed E-state index contributed by atoms with van der Waals surface area (Å²) in [4.78, 5) is 10.3. The quantitative estimate of drug-likeness (QED) is 0.627. The van der Waals surface area contributed by atoms with Crippen molar-refractivity contribution >= 4 is 17.3 Å². The van der Waals surface area contributed by atoms with Crippen molar-refractivity contribution in [2.75, 3.05) is 0 Å². The Morgan fingerprint density at radius 3 is 2.78 bits per heavy atom. The average molecular weight is 274 g/mol. The number of nitrogens with zero attached hydrogens (tertiary/aromatic N) is 1. The third-order valence-electron chi connectivity index (χ3n) is 2.35. The minimum Gasteiger partial charge on any atom is -0.320 e. The first kappa shape index (κ1) is 12.9. The van der Waals surface area contributed by atoms with E-state index in [4.69, 9.17) is 21.1 Å². The summed E-state index contributed by atoms with van der Waals surface area (Å²) in [5.74, 6) is -0.606. The fraction of sp³-hybridized carbons (Fsp3) is 0.273. The van der Waals surface area contributed by atoms with Gasteiger partial charge in [0.1, 0.15) is 5.82 Å². The molecule has 1 heterocycles. The molecule has 5 nitrogen and oxygen atoms in total. The lowest BCUT2D eigenvalue weighted by Crippen LogP contribution is -2.37. The molecule has 96 valence electrons. The largest absolute Gasteiger partial charge is 0.320 e. The first-order valence-corrected chi connectivity index (χ1v) is 5.47. The van der Waals surface area contributed by atoms with Gasteiger partial charge in [-0.15, -0.1) is 0 Å². The monoisotopic (exact) mass is 273 g/mol. The van der Waals surface area contributed by atoms with Crippen molar-refractivity contribution < 1.29 is 18.8 Å². The van der Waals surface area contributed by atoms with Gasteiger partial charge in [0, 0.05) is 0 Å². The third-order valence-corrected chi connectivity index (χ3v) is 2.68. The fourth-order valence-electron chi connectivity index (χ4n) is 1.54. The third kappa shape index (κ3) is 2.66. The summed E-state index contributed by atoms with van der Waals surface area (Å²) in [6.07, 6.45) is -0.0531. The molecule has 0 N–H and O–H groups in total. The molecular weight excluding hydrogens is 265 g/mol. The topological polar surface area (TPSA) is 61.6 Å². The zero-order chi connectivity index (χ0) is 13.3. The average Bonchev–Trinajstić information content (AvgIpc) is 2.26. The number of hydrogen-bond donors (Lipinski definition) is 0. The van der Waals surface area contributed by atoms with Gasteiger partial charge in [0.2, 0.25) is 0 Å². The highest BCUT2D eigenvalue weighted by molar-refractivity contribution is 6.32. The molecular formula is C11H9ClFNO4. The molecule has 1 fully saturated rings. The van der Waals surface area contributed by atoms with E-state index in [1.165, 1.54) is 6.07 Å². The minimum atomic E-state index is -0.806. The van der Waals surface area contributed by atoms with E-state index in [0.29, 0.717) is 0 Å². The van der Waals surface area contributed by atoms with E-state index in [2.05, 4.69) is 0 Å². The van der Waals surface area contributed by atoms with Crippen molar-refractivity contribution in [2.24, 2.45) is 0 Å². The normalized spacial score (nSPS) is 23.6. The van der Waals surface area contributed by atoms with Crippen LogP contribution in [0, 0.1) is 15.9 Å². The van der Waals surface area contributed by atoms with Gasteiger partial charge in [-0.25, -0.2) is 4.39 Å². The second kappa shape index (κ2) is 5.01. The number of benzene rings is 1. The van der Waals surface area contributed by atoms with Gasteiger partial charge in [-0.2, -0.15) is 0 Å². The van der Waals surface area contributed by atoms with E-state index in [0.717, 1.165) is 18.2 Å². The summed E-state index contributed by atoms with van der Waals surface area (Å²) in [5.41, 5.74) is -0.357. The zero-order valence-electron chi connectivity index (χ0n) is 9.30. The van der Waals surface area contributed by atoms with Crippen LogP contribution in [-0.2, 0) is 9.47 Å². The number of rotatable bonds is 3. The fourth-order valence-corrected chi connectivity index (χ4v) is 1.75. The highest BCUT2D eigenvalue weighted by atomic mass is 35.5. The van der Waals surface area contributed by atoms with Crippen LogP contribution in [-0.4, -0.2) is 17.5 Å². The van der Waals surface area contributed by atoms with Gasteiger partial charge in [-0.05, 0) is 25.1 Å². The number of hydrogen-bond acceptors (Lipinski definition) is 4. The molecule has 1 aromatic rings. The van der Waals surface area contributed by atoms with Crippen LogP contribution < -0.4 is 0 Å². The molecule has 18 heavy (non-hydrogen) atoms. The standard InChI is InChI=1S/C11H9ClFNO4/c1-6-17-11(18-6)5-10(14(15)16)8-4-7(13)2-3-9(8)12/h2-6,11H,1H3.